The van der Waals surface area contributed by atoms with Crippen LogP contribution in [0.3, 0.4) is 0 Å². The Hall–Kier alpha value is -3.72. The molecule has 0 saturated carbocycles. The minimum atomic E-state index is -0.384. The number of fused-ring (bicyclic) bond motifs is 3. The molecule has 0 amide bonds. The summed E-state index contributed by atoms with van der Waals surface area (Å²) in [5.74, 6) is 1.47. The molecule has 0 unspecified atom stereocenters. The summed E-state index contributed by atoms with van der Waals surface area (Å²) in [5, 5.41) is 10.7. The second-order valence-electron chi connectivity index (χ2n) is 6.10. The molecule has 6 nitrogen and oxygen atoms in total. The fourth-order valence-electron chi connectivity index (χ4n) is 3.43. The molecular weight excluding hydrogens is 342 g/mol. The molecule has 1 atom stereocenters. The third kappa shape index (κ3) is 2.61. The number of nitrogens with zero attached hydrogens (tertiary/aromatic N) is 2. The van der Waals surface area contributed by atoms with E-state index in [1.54, 1.807) is 20.4 Å². The highest BCUT2D eigenvalue weighted by molar-refractivity contribution is 5.87. The first kappa shape index (κ1) is 16.7. The maximum atomic E-state index is 9.72. The number of ether oxygens (including phenoxy) is 3. The molecule has 2 heterocycles. The van der Waals surface area contributed by atoms with Gasteiger partial charge in [0.05, 0.1) is 20.1 Å². The monoisotopic (exact) mass is 359 g/mol. The number of hydrogen-bond donors (Lipinski definition) is 1. The summed E-state index contributed by atoms with van der Waals surface area (Å²) in [6, 6.07) is 15.5. The lowest BCUT2D eigenvalue weighted by atomic mass is 9.83. The minimum Gasteiger partial charge on any atom is -0.493 e. The van der Waals surface area contributed by atoms with Crippen LogP contribution in [0.15, 0.2) is 60.1 Å². The molecule has 6 heteroatoms. The third-order valence-electron chi connectivity index (χ3n) is 4.70. The first-order valence-electron chi connectivity index (χ1n) is 8.35. The Balaban J connectivity index is 1.97. The number of nitriles is 1. The molecule has 0 radical (unpaired) electrons. The van der Waals surface area contributed by atoms with Crippen LogP contribution < -0.4 is 19.9 Å². The van der Waals surface area contributed by atoms with Crippen molar-refractivity contribution in [1.29, 1.82) is 5.26 Å². The minimum absolute atomic E-state index is 0.0861. The molecule has 1 aliphatic rings. The fraction of sp³-hybridized carbons (Fsp3) is 0.143. The zero-order valence-electron chi connectivity index (χ0n) is 14.9. The molecule has 27 heavy (non-hydrogen) atoms. The van der Waals surface area contributed by atoms with E-state index in [0.29, 0.717) is 28.3 Å². The number of rotatable bonds is 3. The summed E-state index contributed by atoms with van der Waals surface area (Å²) in [6.45, 7) is 0. The van der Waals surface area contributed by atoms with Crippen molar-refractivity contribution >= 4 is 10.9 Å². The molecule has 2 aromatic carbocycles. The van der Waals surface area contributed by atoms with Gasteiger partial charge in [-0.2, -0.15) is 5.26 Å². The van der Waals surface area contributed by atoms with Gasteiger partial charge in [0.25, 0.3) is 0 Å². The van der Waals surface area contributed by atoms with Crippen molar-refractivity contribution < 1.29 is 14.2 Å². The van der Waals surface area contributed by atoms with E-state index in [0.717, 1.165) is 16.5 Å². The summed E-state index contributed by atoms with van der Waals surface area (Å²) in [5.41, 5.74) is 8.85. The van der Waals surface area contributed by atoms with Gasteiger partial charge in [-0.25, -0.2) is 0 Å². The Bertz CT molecular complexity index is 1120. The standard InChI is InChI=1S/C21H17N3O3/c1-25-16-8-6-13(10-17(16)26-2)18-14-7-5-12-4-3-9-24-19(12)20(14)27-21(23)15(18)11-22/h3-10,18H,23H2,1-2H3/t18-/m0/s1. The summed E-state index contributed by atoms with van der Waals surface area (Å²) < 4.78 is 16.6. The second-order valence-corrected chi connectivity index (χ2v) is 6.10. The van der Waals surface area contributed by atoms with Crippen LogP contribution in [0.5, 0.6) is 17.2 Å². The zero-order chi connectivity index (χ0) is 19.0. The largest absolute Gasteiger partial charge is 0.493 e. The Morgan fingerprint density at radius 2 is 1.93 bits per heavy atom. The first-order valence-corrected chi connectivity index (χ1v) is 8.35. The van der Waals surface area contributed by atoms with E-state index < -0.39 is 0 Å². The lowest BCUT2D eigenvalue weighted by molar-refractivity contribution is 0.354. The number of nitrogens with two attached hydrogens (primary N) is 1. The van der Waals surface area contributed by atoms with Gasteiger partial charge < -0.3 is 19.9 Å². The predicted octanol–water partition coefficient (Wildman–Crippen LogP) is 3.47. The lowest BCUT2D eigenvalue weighted by Crippen LogP contribution is -2.21. The average Bonchev–Trinajstić information content (AvgIpc) is 2.72. The quantitative estimate of drug-likeness (QED) is 0.770. The van der Waals surface area contributed by atoms with Gasteiger partial charge in [0.15, 0.2) is 17.2 Å². The van der Waals surface area contributed by atoms with Crippen LogP contribution in [0.4, 0.5) is 0 Å². The van der Waals surface area contributed by atoms with E-state index in [-0.39, 0.29) is 11.8 Å². The van der Waals surface area contributed by atoms with Crippen LogP contribution in [0.1, 0.15) is 17.0 Å². The number of pyridine rings is 1. The molecule has 1 aromatic heterocycles. The van der Waals surface area contributed by atoms with Gasteiger partial charge in [0.2, 0.25) is 5.88 Å². The topological polar surface area (TPSA) is 90.4 Å². The second kappa shape index (κ2) is 6.54. The maximum Gasteiger partial charge on any atom is 0.205 e. The molecule has 0 aliphatic carbocycles. The molecule has 0 bridgehead atoms. The number of hydrogen-bond acceptors (Lipinski definition) is 6. The normalized spacial score (nSPS) is 15.7. The maximum absolute atomic E-state index is 9.72. The van der Waals surface area contributed by atoms with Crippen LogP contribution in [0.25, 0.3) is 10.9 Å². The van der Waals surface area contributed by atoms with Crippen molar-refractivity contribution in [3.63, 3.8) is 0 Å². The number of methoxy groups -OCH3 is 2. The van der Waals surface area contributed by atoms with Crippen LogP contribution in [-0.2, 0) is 0 Å². The van der Waals surface area contributed by atoms with E-state index in [1.165, 1.54) is 0 Å². The Labute approximate surface area is 156 Å². The van der Waals surface area contributed by atoms with Gasteiger partial charge in [-0.15, -0.1) is 0 Å². The van der Waals surface area contributed by atoms with E-state index >= 15 is 0 Å². The van der Waals surface area contributed by atoms with E-state index in [1.807, 2.05) is 42.5 Å². The van der Waals surface area contributed by atoms with Crippen molar-refractivity contribution in [3.8, 4) is 23.3 Å². The van der Waals surface area contributed by atoms with Gasteiger partial charge in [0.1, 0.15) is 17.2 Å². The van der Waals surface area contributed by atoms with Crippen molar-refractivity contribution in [2.24, 2.45) is 5.73 Å². The van der Waals surface area contributed by atoms with Crippen molar-refractivity contribution in [2.45, 2.75) is 5.92 Å². The molecular formula is C21H17N3O3. The SMILES string of the molecule is COc1ccc([C@@H]2C(C#N)=C(N)Oc3c2ccc2cccnc32)cc1OC. The number of benzene rings is 2. The van der Waals surface area contributed by atoms with Gasteiger partial charge in [-0.1, -0.05) is 24.3 Å². The third-order valence-corrected chi connectivity index (χ3v) is 4.70. The summed E-state index contributed by atoms with van der Waals surface area (Å²) in [6.07, 6.45) is 1.71. The highest BCUT2D eigenvalue weighted by atomic mass is 16.5. The van der Waals surface area contributed by atoms with Crippen molar-refractivity contribution in [2.75, 3.05) is 14.2 Å². The van der Waals surface area contributed by atoms with E-state index in [9.17, 15) is 5.26 Å². The number of allylic oxidation sites excluding steroid dienone is 1. The lowest BCUT2D eigenvalue weighted by Gasteiger charge is -2.27. The Morgan fingerprint density at radius 3 is 2.67 bits per heavy atom. The molecule has 134 valence electrons. The smallest absolute Gasteiger partial charge is 0.205 e. The molecule has 0 saturated heterocycles. The van der Waals surface area contributed by atoms with Crippen molar-refractivity contribution in [3.05, 3.63) is 71.2 Å². The fourth-order valence-corrected chi connectivity index (χ4v) is 3.43. The van der Waals surface area contributed by atoms with Gasteiger partial charge >= 0.3 is 0 Å². The average molecular weight is 359 g/mol. The molecule has 3 aromatic rings. The van der Waals surface area contributed by atoms with Gasteiger partial charge in [0, 0.05) is 17.1 Å². The molecule has 0 fully saturated rings. The van der Waals surface area contributed by atoms with E-state index in [2.05, 4.69) is 11.1 Å². The summed E-state index contributed by atoms with van der Waals surface area (Å²) in [7, 11) is 3.16. The van der Waals surface area contributed by atoms with Crippen LogP contribution >= 0.6 is 0 Å². The summed E-state index contributed by atoms with van der Waals surface area (Å²) >= 11 is 0. The molecule has 4 rings (SSSR count). The Morgan fingerprint density at radius 1 is 1.11 bits per heavy atom. The van der Waals surface area contributed by atoms with Crippen molar-refractivity contribution in [1.82, 2.24) is 4.98 Å². The van der Waals surface area contributed by atoms with E-state index in [4.69, 9.17) is 19.9 Å². The highest BCUT2D eigenvalue weighted by Gasteiger charge is 2.32. The Kier molecular flexibility index (Phi) is 4.05. The zero-order valence-corrected chi connectivity index (χ0v) is 14.9. The number of aromatic nitrogens is 1. The van der Waals surface area contributed by atoms with Crippen LogP contribution in [0.2, 0.25) is 0 Å². The highest BCUT2D eigenvalue weighted by Crippen LogP contribution is 2.46. The first-order chi connectivity index (χ1) is 13.2. The van der Waals surface area contributed by atoms with Crippen LogP contribution in [-0.4, -0.2) is 19.2 Å². The summed E-state index contributed by atoms with van der Waals surface area (Å²) in [4.78, 5) is 4.44. The predicted molar refractivity (Wildman–Crippen MR) is 101 cm³/mol. The van der Waals surface area contributed by atoms with Gasteiger partial charge in [-0.05, 0) is 23.8 Å². The molecule has 2 N–H and O–H groups in total. The van der Waals surface area contributed by atoms with Gasteiger partial charge in [-0.3, -0.25) is 4.98 Å². The molecule has 1 aliphatic heterocycles. The molecule has 0 spiro atoms. The van der Waals surface area contributed by atoms with Crippen LogP contribution in [0, 0.1) is 11.3 Å².